The van der Waals surface area contributed by atoms with E-state index in [1.807, 2.05) is 13.0 Å². The van der Waals surface area contributed by atoms with Crippen LogP contribution in [0.3, 0.4) is 0 Å². The highest BCUT2D eigenvalue weighted by Crippen LogP contribution is 2.04. The summed E-state index contributed by atoms with van der Waals surface area (Å²) in [4.78, 5) is 18.5. The van der Waals surface area contributed by atoms with Crippen LogP contribution in [0.5, 0.6) is 0 Å². The number of carboxylic acids is 1. The Balaban J connectivity index is 1.94. The van der Waals surface area contributed by atoms with Crippen LogP contribution in [0.2, 0.25) is 0 Å². The summed E-state index contributed by atoms with van der Waals surface area (Å²) in [6.07, 6.45) is 3.05. The molecule has 2 N–H and O–H groups in total. The first kappa shape index (κ1) is 12.0. The number of anilines is 1. The average molecular weight is 248 g/mol. The molecule has 0 aliphatic carbocycles. The Hall–Kier alpha value is -2.51. The van der Waals surface area contributed by atoms with Gasteiger partial charge in [0, 0.05) is 11.8 Å². The number of carboxylic acid groups (broad SMARTS) is 1. The average Bonchev–Trinajstić information content (AvgIpc) is 2.73. The van der Waals surface area contributed by atoms with E-state index in [4.69, 9.17) is 5.11 Å². The fourth-order valence-electron chi connectivity index (χ4n) is 1.37. The molecule has 0 aliphatic heterocycles. The first-order valence-electron chi connectivity index (χ1n) is 5.27. The van der Waals surface area contributed by atoms with E-state index in [1.165, 1.54) is 11.0 Å². The Morgan fingerprint density at radius 2 is 2.33 bits per heavy atom. The minimum absolute atomic E-state index is 0.195. The molecule has 94 valence electrons. The van der Waals surface area contributed by atoms with Gasteiger partial charge in [0.05, 0.1) is 12.7 Å². The summed E-state index contributed by atoms with van der Waals surface area (Å²) in [5.74, 6) is -0.263. The molecule has 8 heteroatoms. The zero-order valence-corrected chi connectivity index (χ0v) is 9.74. The largest absolute Gasteiger partial charge is 0.480 e. The lowest BCUT2D eigenvalue weighted by Crippen LogP contribution is -2.09. The highest BCUT2D eigenvalue weighted by atomic mass is 16.4. The van der Waals surface area contributed by atoms with Crippen molar-refractivity contribution in [1.82, 2.24) is 25.0 Å². The van der Waals surface area contributed by atoms with Crippen LogP contribution in [0, 0.1) is 6.92 Å². The second-order valence-corrected chi connectivity index (χ2v) is 3.70. The number of aliphatic carboxylic acids is 1. The molecular weight excluding hydrogens is 236 g/mol. The van der Waals surface area contributed by atoms with Gasteiger partial charge in [-0.2, -0.15) is 0 Å². The molecular formula is C10H12N6O2. The quantitative estimate of drug-likeness (QED) is 0.771. The second kappa shape index (κ2) is 5.21. The van der Waals surface area contributed by atoms with Crippen molar-refractivity contribution in [3.05, 3.63) is 30.0 Å². The van der Waals surface area contributed by atoms with E-state index in [1.54, 1.807) is 6.20 Å². The zero-order valence-electron chi connectivity index (χ0n) is 9.74. The first-order chi connectivity index (χ1) is 8.63. The Morgan fingerprint density at radius 3 is 3.06 bits per heavy atom. The van der Waals surface area contributed by atoms with Crippen LogP contribution < -0.4 is 5.32 Å². The molecule has 0 radical (unpaired) electrons. The number of aromatic nitrogens is 5. The minimum atomic E-state index is -0.953. The maximum absolute atomic E-state index is 10.5. The standard InChI is InChI=1S/C10H12N6O2/c1-7-2-9(13-6-12-7)11-3-8-4-16(15-14-8)5-10(17)18/h2,4,6H,3,5H2,1H3,(H,17,18)(H,11,12,13). The first-order valence-corrected chi connectivity index (χ1v) is 5.27. The molecule has 2 aromatic heterocycles. The van der Waals surface area contributed by atoms with E-state index in [0.29, 0.717) is 18.1 Å². The van der Waals surface area contributed by atoms with Gasteiger partial charge in [0.15, 0.2) is 0 Å². The summed E-state index contributed by atoms with van der Waals surface area (Å²) in [5, 5.41) is 19.2. The number of aryl methyl sites for hydroxylation is 1. The molecule has 0 atom stereocenters. The lowest BCUT2D eigenvalue weighted by Gasteiger charge is -2.02. The Labute approximate surface area is 103 Å². The van der Waals surface area contributed by atoms with Gasteiger partial charge in [-0.25, -0.2) is 14.6 Å². The van der Waals surface area contributed by atoms with Crippen molar-refractivity contribution in [2.75, 3.05) is 5.32 Å². The number of rotatable bonds is 5. The van der Waals surface area contributed by atoms with E-state index >= 15 is 0 Å². The molecule has 0 fully saturated rings. The van der Waals surface area contributed by atoms with Gasteiger partial charge >= 0.3 is 5.97 Å². The molecule has 0 unspecified atom stereocenters. The van der Waals surface area contributed by atoms with E-state index in [0.717, 1.165) is 5.69 Å². The molecule has 2 heterocycles. The maximum Gasteiger partial charge on any atom is 0.325 e. The predicted octanol–water partition coefficient (Wildman–Crippen LogP) is 0.0732. The van der Waals surface area contributed by atoms with Crippen LogP contribution in [-0.2, 0) is 17.9 Å². The van der Waals surface area contributed by atoms with Gasteiger partial charge in [0.1, 0.15) is 24.4 Å². The molecule has 0 amide bonds. The number of hydrogen-bond donors (Lipinski definition) is 2. The fourth-order valence-corrected chi connectivity index (χ4v) is 1.37. The molecule has 18 heavy (non-hydrogen) atoms. The molecule has 0 spiro atoms. The van der Waals surface area contributed by atoms with Crippen molar-refractivity contribution in [2.45, 2.75) is 20.0 Å². The highest BCUT2D eigenvalue weighted by Gasteiger charge is 2.04. The summed E-state index contributed by atoms with van der Waals surface area (Å²) in [7, 11) is 0. The number of nitrogens with one attached hydrogen (secondary N) is 1. The zero-order chi connectivity index (χ0) is 13.0. The monoisotopic (exact) mass is 248 g/mol. The topological polar surface area (TPSA) is 106 Å². The van der Waals surface area contributed by atoms with Crippen molar-refractivity contribution >= 4 is 11.8 Å². The number of nitrogens with zero attached hydrogens (tertiary/aromatic N) is 5. The van der Waals surface area contributed by atoms with Gasteiger partial charge in [-0.05, 0) is 6.92 Å². The molecule has 0 aliphatic rings. The lowest BCUT2D eigenvalue weighted by molar-refractivity contribution is -0.137. The Morgan fingerprint density at radius 1 is 1.50 bits per heavy atom. The second-order valence-electron chi connectivity index (χ2n) is 3.70. The third-order valence-corrected chi connectivity index (χ3v) is 2.14. The van der Waals surface area contributed by atoms with E-state index < -0.39 is 5.97 Å². The molecule has 2 aromatic rings. The Bertz CT molecular complexity index is 553. The number of hydrogen-bond acceptors (Lipinski definition) is 6. The molecule has 2 rings (SSSR count). The van der Waals surface area contributed by atoms with Crippen molar-refractivity contribution in [3.8, 4) is 0 Å². The van der Waals surface area contributed by atoms with Crippen LogP contribution in [0.1, 0.15) is 11.4 Å². The van der Waals surface area contributed by atoms with Gasteiger partial charge in [0.25, 0.3) is 0 Å². The highest BCUT2D eigenvalue weighted by molar-refractivity contribution is 5.66. The van der Waals surface area contributed by atoms with Gasteiger partial charge in [0.2, 0.25) is 0 Å². The predicted molar refractivity (Wildman–Crippen MR) is 61.8 cm³/mol. The van der Waals surface area contributed by atoms with Gasteiger partial charge in [-0.15, -0.1) is 5.10 Å². The van der Waals surface area contributed by atoms with Crippen molar-refractivity contribution < 1.29 is 9.90 Å². The van der Waals surface area contributed by atoms with Crippen LogP contribution in [0.4, 0.5) is 5.82 Å². The molecule has 8 nitrogen and oxygen atoms in total. The molecule has 0 aromatic carbocycles. The lowest BCUT2D eigenvalue weighted by atomic mass is 10.4. The van der Waals surface area contributed by atoms with Crippen LogP contribution in [-0.4, -0.2) is 36.0 Å². The van der Waals surface area contributed by atoms with E-state index in [2.05, 4.69) is 25.6 Å². The van der Waals surface area contributed by atoms with Gasteiger partial charge in [-0.1, -0.05) is 5.21 Å². The maximum atomic E-state index is 10.5. The van der Waals surface area contributed by atoms with Gasteiger partial charge in [-0.3, -0.25) is 4.79 Å². The third kappa shape index (κ3) is 3.24. The Kier molecular flexibility index (Phi) is 3.46. The van der Waals surface area contributed by atoms with Crippen LogP contribution in [0.15, 0.2) is 18.6 Å². The van der Waals surface area contributed by atoms with Crippen LogP contribution >= 0.6 is 0 Å². The summed E-state index contributed by atoms with van der Waals surface area (Å²) in [6, 6.07) is 1.81. The van der Waals surface area contributed by atoms with Gasteiger partial charge < -0.3 is 10.4 Å². The van der Waals surface area contributed by atoms with Crippen molar-refractivity contribution in [1.29, 1.82) is 0 Å². The van der Waals surface area contributed by atoms with E-state index in [9.17, 15) is 4.79 Å². The molecule has 0 saturated carbocycles. The van der Waals surface area contributed by atoms with Crippen molar-refractivity contribution in [2.24, 2.45) is 0 Å². The summed E-state index contributed by atoms with van der Waals surface area (Å²) in [5.41, 5.74) is 1.51. The minimum Gasteiger partial charge on any atom is -0.480 e. The van der Waals surface area contributed by atoms with Crippen molar-refractivity contribution in [3.63, 3.8) is 0 Å². The summed E-state index contributed by atoms with van der Waals surface area (Å²) in [6.45, 7) is 2.10. The normalized spacial score (nSPS) is 10.3. The summed E-state index contributed by atoms with van der Waals surface area (Å²) < 4.78 is 1.27. The van der Waals surface area contributed by atoms with Crippen LogP contribution in [0.25, 0.3) is 0 Å². The SMILES string of the molecule is Cc1cc(NCc2cn(CC(=O)O)nn2)ncn1. The number of carbonyl (C=O) groups is 1. The van der Waals surface area contributed by atoms with E-state index in [-0.39, 0.29) is 6.54 Å². The molecule has 0 saturated heterocycles. The summed E-state index contributed by atoms with van der Waals surface area (Å²) >= 11 is 0. The third-order valence-electron chi connectivity index (χ3n) is 2.14. The molecule has 0 bridgehead atoms. The fraction of sp³-hybridized carbons (Fsp3) is 0.300. The smallest absolute Gasteiger partial charge is 0.325 e.